The number of amides is 2. The Balaban J connectivity index is 0.00000242. The van der Waals surface area contributed by atoms with Gasteiger partial charge < -0.3 is 14.7 Å². The van der Waals surface area contributed by atoms with Crippen molar-refractivity contribution in [2.24, 2.45) is 0 Å². The fourth-order valence-electron chi connectivity index (χ4n) is 2.91. The number of piperidine rings is 1. The molecule has 4 nitrogen and oxygen atoms in total. The summed E-state index contributed by atoms with van der Waals surface area (Å²) in [4.78, 5) is 18.0. The third-order valence-corrected chi connectivity index (χ3v) is 4.34. The van der Waals surface area contributed by atoms with Crippen molar-refractivity contribution in [2.75, 3.05) is 40.8 Å². The predicted molar refractivity (Wildman–Crippen MR) is 93.7 cm³/mol. The summed E-state index contributed by atoms with van der Waals surface area (Å²) in [5.41, 5.74) is 1.39. The number of carbonyl (C=O) groups excluding carboxylic acids is 1. The number of hydrogen-bond acceptors (Lipinski definition) is 2. The average Bonchev–Trinajstić information content (AvgIpc) is 2.53. The zero-order chi connectivity index (χ0) is 15.2. The number of halogens is 1. The van der Waals surface area contributed by atoms with E-state index >= 15 is 0 Å². The summed E-state index contributed by atoms with van der Waals surface area (Å²) in [6, 6.07) is 11.4. The van der Waals surface area contributed by atoms with Crippen molar-refractivity contribution < 1.29 is 4.79 Å². The number of rotatable bonds is 4. The average molecular weight is 326 g/mol. The lowest BCUT2D eigenvalue weighted by Gasteiger charge is -2.37. The largest absolute Gasteiger partial charge is 0.331 e. The second-order valence-corrected chi connectivity index (χ2v) is 6.11. The molecular weight excluding hydrogens is 298 g/mol. The molecule has 1 aliphatic rings. The van der Waals surface area contributed by atoms with E-state index in [2.05, 4.69) is 42.3 Å². The Hall–Kier alpha value is -1.26. The fraction of sp³-hybridized carbons (Fsp3) is 0.588. The van der Waals surface area contributed by atoms with E-state index < -0.39 is 0 Å². The molecule has 1 fully saturated rings. The minimum Gasteiger partial charge on any atom is -0.331 e. The maximum absolute atomic E-state index is 11.9. The molecule has 5 heteroatoms. The summed E-state index contributed by atoms with van der Waals surface area (Å²) in [6.45, 7) is 2.82. The lowest BCUT2D eigenvalue weighted by atomic mass is 10.0. The third-order valence-electron chi connectivity index (χ3n) is 4.34. The number of carbonyl (C=O) groups is 1. The van der Waals surface area contributed by atoms with Gasteiger partial charge in [-0.05, 0) is 31.9 Å². The van der Waals surface area contributed by atoms with E-state index in [9.17, 15) is 4.79 Å². The number of urea groups is 1. The Bertz CT molecular complexity index is 444. The monoisotopic (exact) mass is 325 g/mol. The molecule has 1 heterocycles. The molecule has 0 atom stereocenters. The molecule has 0 N–H and O–H groups in total. The Morgan fingerprint density at radius 1 is 1.14 bits per heavy atom. The van der Waals surface area contributed by atoms with Gasteiger partial charge in [0.2, 0.25) is 0 Å². The van der Waals surface area contributed by atoms with Gasteiger partial charge in [0.15, 0.2) is 0 Å². The van der Waals surface area contributed by atoms with Crippen molar-refractivity contribution in [1.29, 1.82) is 0 Å². The summed E-state index contributed by atoms with van der Waals surface area (Å²) in [5.74, 6) is 0. The molecule has 22 heavy (non-hydrogen) atoms. The zero-order valence-corrected chi connectivity index (χ0v) is 14.7. The van der Waals surface area contributed by atoms with Gasteiger partial charge >= 0.3 is 6.03 Å². The second-order valence-electron chi connectivity index (χ2n) is 6.11. The van der Waals surface area contributed by atoms with Gasteiger partial charge in [0, 0.05) is 39.8 Å². The molecule has 0 radical (unpaired) electrons. The van der Waals surface area contributed by atoms with Crippen LogP contribution >= 0.6 is 12.4 Å². The van der Waals surface area contributed by atoms with Crippen molar-refractivity contribution in [2.45, 2.75) is 25.3 Å². The summed E-state index contributed by atoms with van der Waals surface area (Å²) >= 11 is 0. The van der Waals surface area contributed by atoms with Crippen LogP contribution in [-0.2, 0) is 6.42 Å². The van der Waals surface area contributed by atoms with Gasteiger partial charge in [-0.25, -0.2) is 4.79 Å². The van der Waals surface area contributed by atoms with Gasteiger partial charge in [0.05, 0.1) is 0 Å². The van der Waals surface area contributed by atoms with Gasteiger partial charge in [0.25, 0.3) is 0 Å². The molecular formula is C17H28ClN3O. The van der Waals surface area contributed by atoms with E-state index in [1.807, 2.05) is 19.0 Å². The summed E-state index contributed by atoms with van der Waals surface area (Å²) in [7, 11) is 5.85. The van der Waals surface area contributed by atoms with Crippen molar-refractivity contribution in [3.05, 3.63) is 35.9 Å². The molecule has 0 spiro atoms. The van der Waals surface area contributed by atoms with Crippen LogP contribution in [0.1, 0.15) is 18.4 Å². The van der Waals surface area contributed by atoms with Gasteiger partial charge in [-0.1, -0.05) is 30.3 Å². The third kappa shape index (κ3) is 5.18. The van der Waals surface area contributed by atoms with Crippen molar-refractivity contribution >= 4 is 18.4 Å². The Morgan fingerprint density at radius 3 is 2.27 bits per heavy atom. The molecule has 1 aromatic rings. The van der Waals surface area contributed by atoms with Crippen LogP contribution in [0.2, 0.25) is 0 Å². The SMILES string of the molecule is CN(C)C(=O)N1CCC(N(C)CCc2ccccc2)CC1.Cl. The van der Waals surface area contributed by atoms with Gasteiger partial charge in [-0.15, -0.1) is 12.4 Å². The first-order valence-electron chi connectivity index (χ1n) is 7.78. The van der Waals surface area contributed by atoms with Crippen LogP contribution in [0, 0.1) is 0 Å². The Kier molecular flexibility index (Phi) is 7.69. The predicted octanol–water partition coefficient (Wildman–Crippen LogP) is 2.73. The smallest absolute Gasteiger partial charge is 0.319 e. The Morgan fingerprint density at radius 2 is 1.73 bits per heavy atom. The van der Waals surface area contributed by atoms with Gasteiger partial charge in [0.1, 0.15) is 0 Å². The van der Waals surface area contributed by atoms with Crippen LogP contribution in [0.3, 0.4) is 0 Å². The molecule has 1 aliphatic heterocycles. The Labute approximate surface area is 140 Å². The van der Waals surface area contributed by atoms with Crippen molar-refractivity contribution in [3.63, 3.8) is 0 Å². The molecule has 0 bridgehead atoms. The molecule has 2 amide bonds. The van der Waals surface area contributed by atoms with Crippen LogP contribution in [0.4, 0.5) is 4.79 Å². The molecule has 0 aliphatic carbocycles. The van der Waals surface area contributed by atoms with E-state index in [1.54, 1.807) is 4.90 Å². The highest BCUT2D eigenvalue weighted by Gasteiger charge is 2.25. The zero-order valence-electron chi connectivity index (χ0n) is 13.9. The van der Waals surface area contributed by atoms with Crippen LogP contribution in [0.15, 0.2) is 30.3 Å². The maximum Gasteiger partial charge on any atom is 0.319 e. The molecule has 0 saturated carbocycles. The number of hydrogen-bond donors (Lipinski definition) is 0. The summed E-state index contributed by atoms with van der Waals surface area (Å²) < 4.78 is 0. The number of likely N-dealkylation sites (tertiary alicyclic amines) is 1. The van der Waals surface area contributed by atoms with E-state index in [0.29, 0.717) is 6.04 Å². The highest BCUT2D eigenvalue weighted by molar-refractivity contribution is 5.85. The summed E-state index contributed by atoms with van der Waals surface area (Å²) in [6.07, 6.45) is 3.24. The molecule has 1 aromatic carbocycles. The van der Waals surface area contributed by atoms with Crippen LogP contribution < -0.4 is 0 Å². The number of nitrogens with zero attached hydrogens (tertiary/aromatic N) is 3. The van der Waals surface area contributed by atoms with Crippen molar-refractivity contribution in [3.8, 4) is 0 Å². The highest BCUT2D eigenvalue weighted by Crippen LogP contribution is 2.16. The van der Waals surface area contributed by atoms with Crippen molar-refractivity contribution in [1.82, 2.24) is 14.7 Å². The highest BCUT2D eigenvalue weighted by atomic mass is 35.5. The van der Waals surface area contributed by atoms with E-state index in [1.165, 1.54) is 5.56 Å². The lowest BCUT2D eigenvalue weighted by Crippen LogP contribution is -2.48. The molecule has 124 valence electrons. The molecule has 0 aromatic heterocycles. The second kappa shape index (κ2) is 9.01. The summed E-state index contributed by atoms with van der Waals surface area (Å²) in [5, 5.41) is 0. The normalized spacial score (nSPS) is 15.5. The first-order chi connectivity index (χ1) is 10.1. The van der Waals surface area contributed by atoms with Crippen LogP contribution in [0.25, 0.3) is 0 Å². The standard InChI is InChI=1S/C17H27N3O.ClH/c1-18(2)17(21)20-13-10-16(11-14-20)19(3)12-9-15-7-5-4-6-8-15;/h4-8,16H,9-14H2,1-3H3;1H. The van der Waals surface area contributed by atoms with E-state index in [0.717, 1.165) is 38.9 Å². The van der Waals surface area contributed by atoms with Gasteiger partial charge in [-0.3, -0.25) is 0 Å². The quantitative estimate of drug-likeness (QED) is 0.851. The van der Waals surface area contributed by atoms with Gasteiger partial charge in [-0.2, -0.15) is 0 Å². The minimum atomic E-state index is 0. The first-order valence-corrected chi connectivity index (χ1v) is 7.78. The fourth-order valence-corrected chi connectivity index (χ4v) is 2.91. The molecule has 0 unspecified atom stereocenters. The van der Waals surface area contributed by atoms with Crippen LogP contribution in [0.5, 0.6) is 0 Å². The van der Waals surface area contributed by atoms with E-state index in [4.69, 9.17) is 0 Å². The molecule has 2 rings (SSSR count). The first kappa shape index (κ1) is 18.8. The maximum atomic E-state index is 11.9. The van der Waals surface area contributed by atoms with Crippen LogP contribution in [-0.4, -0.2) is 67.5 Å². The minimum absolute atomic E-state index is 0. The topological polar surface area (TPSA) is 26.8 Å². The number of benzene rings is 1. The van der Waals surface area contributed by atoms with E-state index in [-0.39, 0.29) is 18.4 Å². The number of likely N-dealkylation sites (N-methyl/N-ethyl adjacent to an activating group) is 1. The molecule has 1 saturated heterocycles. The lowest BCUT2D eigenvalue weighted by molar-refractivity contribution is 0.122.